The second-order valence-corrected chi connectivity index (χ2v) is 9.82. The summed E-state index contributed by atoms with van der Waals surface area (Å²) in [5.41, 5.74) is 1.08. The number of anilines is 2. The topological polar surface area (TPSA) is 81.2 Å². The van der Waals surface area contributed by atoms with Crippen molar-refractivity contribution in [1.82, 2.24) is 9.97 Å². The van der Waals surface area contributed by atoms with Crippen LogP contribution < -0.4 is 10.2 Å². The summed E-state index contributed by atoms with van der Waals surface area (Å²) in [6.45, 7) is 10.7. The Labute approximate surface area is 168 Å². The van der Waals surface area contributed by atoms with Crippen LogP contribution >= 0.6 is 15.9 Å². The van der Waals surface area contributed by atoms with Crippen LogP contribution in [-0.4, -0.2) is 39.2 Å². The minimum atomic E-state index is -1.46. The molecule has 0 spiro atoms. The first-order valence-corrected chi connectivity index (χ1v) is 10.3. The summed E-state index contributed by atoms with van der Waals surface area (Å²) in [5.74, 6) is -0.444. The van der Waals surface area contributed by atoms with E-state index in [1.54, 1.807) is 6.20 Å². The van der Waals surface area contributed by atoms with Crippen molar-refractivity contribution in [3.05, 3.63) is 16.9 Å². The van der Waals surface area contributed by atoms with Gasteiger partial charge in [-0.15, -0.1) is 0 Å². The van der Waals surface area contributed by atoms with Crippen molar-refractivity contribution in [2.75, 3.05) is 16.8 Å². The quantitative estimate of drug-likeness (QED) is 0.663. The van der Waals surface area contributed by atoms with Gasteiger partial charge in [-0.2, -0.15) is 0 Å². The number of aromatic nitrogens is 2. The number of rotatable bonds is 3. The zero-order valence-electron chi connectivity index (χ0n) is 16.7. The predicted octanol–water partition coefficient (Wildman–Crippen LogP) is 4.44. The molecule has 1 aliphatic rings. The van der Waals surface area contributed by atoms with Crippen LogP contribution in [0.15, 0.2) is 16.9 Å². The van der Waals surface area contributed by atoms with Gasteiger partial charge < -0.3 is 20.3 Å². The maximum Gasteiger partial charge on any atom is 0.255 e. The average molecular weight is 437 g/mol. The van der Waals surface area contributed by atoms with Crippen LogP contribution in [0, 0.1) is 5.41 Å². The average Bonchev–Trinajstić information content (AvgIpc) is 2.96. The molecule has 0 unspecified atom stereocenters. The van der Waals surface area contributed by atoms with Gasteiger partial charge in [-0.1, -0.05) is 20.8 Å². The molecule has 0 saturated carbocycles. The third-order valence-corrected chi connectivity index (χ3v) is 5.80. The Morgan fingerprint density at radius 3 is 2.67 bits per heavy atom. The number of nitrogens with one attached hydrogen (secondary N) is 2. The van der Waals surface area contributed by atoms with Crippen molar-refractivity contribution < 1.29 is 9.90 Å². The molecule has 27 heavy (non-hydrogen) atoms. The number of amides is 1. The highest BCUT2D eigenvalue weighted by atomic mass is 79.9. The Bertz CT molecular complexity index is 848. The highest BCUT2D eigenvalue weighted by Crippen LogP contribution is 2.43. The van der Waals surface area contributed by atoms with Gasteiger partial charge >= 0.3 is 0 Å². The molecule has 1 aliphatic heterocycles. The van der Waals surface area contributed by atoms with E-state index in [1.807, 2.05) is 6.20 Å². The van der Waals surface area contributed by atoms with Crippen molar-refractivity contribution >= 4 is 44.2 Å². The second-order valence-electron chi connectivity index (χ2n) is 8.96. The minimum Gasteiger partial charge on any atom is -0.381 e. The van der Waals surface area contributed by atoms with E-state index < -0.39 is 11.5 Å². The lowest BCUT2D eigenvalue weighted by Crippen LogP contribution is -2.47. The minimum absolute atomic E-state index is 0.127. The van der Waals surface area contributed by atoms with Crippen molar-refractivity contribution in [1.29, 1.82) is 0 Å². The van der Waals surface area contributed by atoms with Gasteiger partial charge in [-0.3, -0.25) is 4.79 Å². The zero-order valence-corrected chi connectivity index (χ0v) is 18.3. The Balaban J connectivity index is 2.13. The number of nitrogens with zero attached hydrogens (tertiary/aromatic N) is 2. The molecule has 148 valence electrons. The number of fused-ring (bicyclic) bond motifs is 1. The number of halogens is 1. The molecule has 1 saturated heterocycles. The summed E-state index contributed by atoms with van der Waals surface area (Å²) in [6.07, 6.45) is 7.05. The molecular weight excluding hydrogens is 408 g/mol. The van der Waals surface area contributed by atoms with E-state index in [9.17, 15) is 9.90 Å². The highest BCUT2D eigenvalue weighted by molar-refractivity contribution is 9.10. The maximum absolute atomic E-state index is 12.4. The normalized spacial score (nSPS) is 18.8. The molecule has 1 atom stereocenters. The second kappa shape index (κ2) is 7.09. The summed E-state index contributed by atoms with van der Waals surface area (Å²) in [5, 5.41) is 13.8. The number of carbonyl (C=O) groups is 1. The number of aliphatic hydroxyl groups is 1. The van der Waals surface area contributed by atoms with Crippen molar-refractivity contribution in [3.8, 4) is 0 Å². The standard InChI is InChI=1S/C20H29BrN4O2/c1-19(2,3)14-8-6-7-9-25(14)16-12(21)10-22-17-15(16)13(11-23-17)24-18(26)20(4,5)27/h10-11,14,27H,6-9H2,1-5H3,(H,22,23)(H,24,26)/t14-/m1/s1. The first-order valence-electron chi connectivity index (χ1n) is 9.46. The molecule has 1 amide bonds. The predicted molar refractivity (Wildman–Crippen MR) is 113 cm³/mol. The van der Waals surface area contributed by atoms with Crippen molar-refractivity contribution in [3.63, 3.8) is 0 Å². The molecular formula is C20H29BrN4O2. The van der Waals surface area contributed by atoms with Gasteiger partial charge in [0, 0.05) is 25.0 Å². The Kier molecular flexibility index (Phi) is 5.29. The number of piperidine rings is 1. The molecule has 0 radical (unpaired) electrons. The van der Waals surface area contributed by atoms with Crippen LogP contribution in [0.1, 0.15) is 53.9 Å². The molecule has 3 N–H and O–H groups in total. The third kappa shape index (κ3) is 3.99. The number of hydrogen-bond acceptors (Lipinski definition) is 4. The SMILES string of the molecule is CC(C)(O)C(=O)Nc1c[nH]c2ncc(Br)c(N3CCCC[C@@H]3C(C)(C)C)c12. The van der Waals surface area contributed by atoms with Crippen LogP contribution in [0.5, 0.6) is 0 Å². The van der Waals surface area contributed by atoms with E-state index >= 15 is 0 Å². The van der Waals surface area contributed by atoms with Crippen LogP contribution in [0.4, 0.5) is 11.4 Å². The van der Waals surface area contributed by atoms with Gasteiger partial charge in [0.15, 0.2) is 0 Å². The van der Waals surface area contributed by atoms with E-state index in [0.717, 1.165) is 40.6 Å². The molecule has 3 rings (SSSR count). The number of hydrogen-bond donors (Lipinski definition) is 3. The summed E-state index contributed by atoms with van der Waals surface area (Å²) in [7, 11) is 0. The molecule has 0 bridgehead atoms. The van der Waals surface area contributed by atoms with E-state index in [4.69, 9.17) is 0 Å². The molecule has 3 heterocycles. The van der Waals surface area contributed by atoms with Crippen LogP contribution in [0.3, 0.4) is 0 Å². The summed E-state index contributed by atoms with van der Waals surface area (Å²) >= 11 is 3.69. The van der Waals surface area contributed by atoms with Gasteiger partial charge in [0.05, 0.1) is 21.2 Å². The maximum atomic E-state index is 12.4. The largest absolute Gasteiger partial charge is 0.381 e. The summed E-state index contributed by atoms with van der Waals surface area (Å²) in [6, 6.07) is 0.390. The van der Waals surface area contributed by atoms with Crippen LogP contribution in [-0.2, 0) is 4.79 Å². The molecule has 0 aliphatic carbocycles. The van der Waals surface area contributed by atoms with Crippen molar-refractivity contribution in [2.24, 2.45) is 5.41 Å². The molecule has 2 aromatic heterocycles. The molecule has 1 fully saturated rings. The molecule has 7 heteroatoms. The Hall–Kier alpha value is -1.60. The first kappa shape index (κ1) is 20.1. The summed E-state index contributed by atoms with van der Waals surface area (Å²) in [4.78, 5) is 22.4. The van der Waals surface area contributed by atoms with E-state index in [-0.39, 0.29) is 5.41 Å². The fraction of sp³-hybridized carbons (Fsp3) is 0.600. The monoisotopic (exact) mass is 436 g/mol. The number of pyridine rings is 1. The fourth-order valence-electron chi connectivity index (χ4n) is 3.81. The van der Waals surface area contributed by atoms with Gasteiger partial charge in [-0.25, -0.2) is 4.98 Å². The van der Waals surface area contributed by atoms with E-state index in [1.165, 1.54) is 20.3 Å². The number of H-pyrrole nitrogens is 1. The Morgan fingerprint density at radius 1 is 1.33 bits per heavy atom. The van der Waals surface area contributed by atoms with E-state index in [2.05, 4.69) is 56.9 Å². The van der Waals surface area contributed by atoms with E-state index in [0.29, 0.717) is 11.7 Å². The fourth-order valence-corrected chi connectivity index (χ4v) is 4.34. The van der Waals surface area contributed by atoms with Crippen molar-refractivity contribution in [2.45, 2.75) is 65.5 Å². The van der Waals surface area contributed by atoms with Gasteiger partial charge in [0.1, 0.15) is 11.2 Å². The lowest BCUT2D eigenvalue weighted by atomic mass is 9.80. The van der Waals surface area contributed by atoms with Crippen LogP contribution in [0.25, 0.3) is 11.0 Å². The Morgan fingerprint density at radius 2 is 2.04 bits per heavy atom. The highest BCUT2D eigenvalue weighted by Gasteiger charge is 2.35. The smallest absolute Gasteiger partial charge is 0.255 e. The zero-order chi connectivity index (χ0) is 20.0. The molecule has 0 aromatic carbocycles. The van der Waals surface area contributed by atoms with Gasteiger partial charge in [0.25, 0.3) is 5.91 Å². The third-order valence-electron chi connectivity index (χ3n) is 5.22. The number of aromatic amines is 1. The lowest BCUT2D eigenvalue weighted by Gasteiger charge is -2.45. The number of carbonyl (C=O) groups excluding carboxylic acids is 1. The molecule has 2 aromatic rings. The first-order chi connectivity index (χ1) is 12.5. The summed E-state index contributed by atoms with van der Waals surface area (Å²) < 4.78 is 0.907. The lowest BCUT2D eigenvalue weighted by molar-refractivity contribution is -0.130. The van der Waals surface area contributed by atoms with Gasteiger partial charge in [0.2, 0.25) is 0 Å². The van der Waals surface area contributed by atoms with Gasteiger partial charge in [-0.05, 0) is 54.5 Å². The molecule has 6 nitrogen and oxygen atoms in total. The van der Waals surface area contributed by atoms with Crippen LogP contribution in [0.2, 0.25) is 0 Å².